The highest BCUT2D eigenvalue weighted by atomic mass is 35.5. The number of benzene rings is 1. The highest BCUT2D eigenvalue weighted by molar-refractivity contribution is 6.30. The zero-order valence-corrected chi connectivity index (χ0v) is 11.7. The van der Waals surface area contributed by atoms with Gasteiger partial charge in [0.1, 0.15) is 5.54 Å². The lowest BCUT2D eigenvalue weighted by Gasteiger charge is -2.39. The van der Waals surface area contributed by atoms with Crippen LogP contribution in [0, 0.1) is 23.2 Å². The molecule has 0 saturated heterocycles. The van der Waals surface area contributed by atoms with Crippen molar-refractivity contribution < 1.29 is 0 Å². The van der Waals surface area contributed by atoms with Gasteiger partial charge in [0, 0.05) is 10.7 Å². The van der Waals surface area contributed by atoms with E-state index in [-0.39, 0.29) is 0 Å². The van der Waals surface area contributed by atoms with E-state index in [1.54, 1.807) is 0 Å². The minimum absolute atomic E-state index is 0.417. The standard InChI is InChI=1S/C15H19ClN2/c1-11-7-8-15(10-17,9-12(11)2)18-14-5-3-13(16)4-6-14/h3-6,11-12,18H,7-9H2,1-2H3. The molecule has 0 aromatic heterocycles. The maximum absolute atomic E-state index is 9.52. The Bertz CT molecular complexity index is 449. The number of anilines is 1. The molecular formula is C15H19ClN2. The number of nitrogens with zero attached hydrogens (tertiary/aromatic N) is 1. The Morgan fingerprint density at radius 2 is 1.94 bits per heavy atom. The summed E-state index contributed by atoms with van der Waals surface area (Å²) in [5.74, 6) is 1.29. The molecule has 3 heteroatoms. The van der Waals surface area contributed by atoms with Crippen molar-refractivity contribution in [2.75, 3.05) is 5.32 Å². The molecule has 0 amide bonds. The molecule has 3 unspecified atom stereocenters. The lowest BCUT2D eigenvalue weighted by atomic mass is 9.72. The second-order valence-electron chi connectivity index (χ2n) is 5.52. The first-order valence-corrected chi connectivity index (χ1v) is 6.87. The zero-order chi connectivity index (χ0) is 13.2. The van der Waals surface area contributed by atoms with Crippen molar-refractivity contribution in [2.24, 2.45) is 11.8 Å². The molecule has 0 heterocycles. The molecule has 1 aromatic rings. The van der Waals surface area contributed by atoms with Gasteiger partial charge in [-0.2, -0.15) is 5.26 Å². The van der Waals surface area contributed by atoms with Gasteiger partial charge in [-0.25, -0.2) is 0 Å². The second-order valence-corrected chi connectivity index (χ2v) is 5.96. The summed E-state index contributed by atoms with van der Waals surface area (Å²) in [6, 6.07) is 10.1. The Labute approximate surface area is 114 Å². The lowest BCUT2D eigenvalue weighted by Crippen LogP contribution is -2.43. The zero-order valence-electron chi connectivity index (χ0n) is 10.9. The predicted octanol–water partition coefficient (Wildman–Crippen LogP) is 4.47. The SMILES string of the molecule is CC1CCC(C#N)(Nc2ccc(Cl)cc2)CC1C. The molecule has 1 aromatic carbocycles. The van der Waals surface area contributed by atoms with Crippen LogP contribution in [0.2, 0.25) is 5.02 Å². The number of hydrogen-bond acceptors (Lipinski definition) is 2. The van der Waals surface area contributed by atoms with Crippen molar-refractivity contribution in [1.29, 1.82) is 5.26 Å². The van der Waals surface area contributed by atoms with Crippen LogP contribution in [0.15, 0.2) is 24.3 Å². The fourth-order valence-electron chi connectivity index (χ4n) is 2.66. The quantitative estimate of drug-likeness (QED) is 0.854. The van der Waals surface area contributed by atoms with Crippen LogP contribution in [0.1, 0.15) is 33.1 Å². The summed E-state index contributed by atoms with van der Waals surface area (Å²) in [5.41, 5.74) is 0.558. The Kier molecular flexibility index (Phi) is 3.82. The van der Waals surface area contributed by atoms with E-state index in [0.717, 1.165) is 30.0 Å². The van der Waals surface area contributed by atoms with Crippen LogP contribution >= 0.6 is 11.6 Å². The molecule has 0 radical (unpaired) electrons. The van der Waals surface area contributed by atoms with Gasteiger partial charge in [-0.3, -0.25) is 0 Å². The van der Waals surface area contributed by atoms with E-state index in [1.807, 2.05) is 24.3 Å². The van der Waals surface area contributed by atoms with Crippen molar-refractivity contribution in [3.63, 3.8) is 0 Å². The van der Waals surface area contributed by atoms with E-state index < -0.39 is 5.54 Å². The van der Waals surface area contributed by atoms with Gasteiger partial charge >= 0.3 is 0 Å². The molecule has 0 aliphatic heterocycles. The molecule has 2 rings (SSSR count). The summed E-state index contributed by atoms with van der Waals surface area (Å²) in [4.78, 5) is 0. The molecule has 96 valence electrons. The van der Waals surface area contributed by atoms with Crippen LogP contribution in [-0.4, -0.2) is 5.54 Å². The first-order valence-electron chi connectivity index (χ1n) is 6.50. The van der Waals surface area contributed by atoms with Gasteiger partial charge in [0.15, 0.2) is 0 Å². The van der Waals surface area contributed by atoms with E-state index >= 15 is 0 Å². The monoisotopic (exact) mass is 262 g/mol. The third-order valence-electron chi connectivity index (χ3n) is 4.11. The Balaban J connectivity index is 2.14. The summed E-state index contributed by atoms with van der Waals surface area (Å²) in [5, 5.41) is 13.6. The van der Waals surface area contributed by atoms with Crippen LogP contribution in [-0.2, 0) is 0 Å². The van der Waals surface area contributed by atoms with Crippen LogP contribution in [0.3, 0.4) is 0 Å². The highest BCUT2D eigenvalue weighted by Crippen LogP contribution is 2.38. The topological polar surface area (TPSA) is 35.8 Å². The predicted molar refractivity (Wildman–Crippen MR) is 75.6 cm³/mol. The minimum Gasteiger partial charge on any atom is -0.367 e. The molecule has 2 nitrogen and oxygen atoms in total. The second kappa shape index (κ2) is 5.20. The van der Waals surface area contributed by atoms with Crippen LogP contribution in [0.5, 0.6) is 0 Å². The summed E-state index contributed by atoms with van der Waals surface area (Å²) in [6.07, 6.45) is 2.93. The first kappa shape index (κ1) is 13.2. The Morgan fingerprint density at radius 1 is 1.28 bits per heavy atom. The molecular weight excluding hydrogens is 244 g/mol. The lowest BCUT2D eigenvalue weighted by molar-refractivity contribution is 0.226. The summed E-state index contributed by atoms with van der Waals surface area (Å²) in [7, 11) is 0. The molecule has 3 atom stereocenters. The van der Waals surface area contributed by atoms with Crippen molar-refractivity contribution >= 4 is 17.3 Å². The van der Waals surface area contributed by atoms with E-state index in [2.05, 4.69) is 25.2 Å². The molecule has 1 aliphatic carbocycles. The van der Waals surface area contributed by atoms with E-state index in [1.165, 1.54) is 0 Å². The van der Waals surface area contributed by atoms with Gasteiger partial charge in [-0.05, 0) is 55.4 Å². The van der Waals surface area contributed by atoms with Gasteiger partial charge in [0.05, 0.1) is 6.07 Å². The van der Waals surface area contributed by atoms with Gasteiger partial charge in [-0.1, -0.05) is 25.4 Å². The molecule has 0 spiro atoms. The number of rotatable bonds is 2. The molecule has 1 N–H and O–H groups in total. The fourth-order valence-corrected chi connectivity index (χ4v) is 2.79. The van der Waals surface area contributed by atoms with Crippen molar-refractivity contribution in [3.05, 3.63) is 29.3 Å². The third kappa shape index (κ3) is 2.79. The van der Waals surface area contributed by atoms with E-state index in [4.69, 9.17) is 11.6 Å². The maximum Gasteiger partial charge on any atom is 0.125 e. The summed E-state index contributed by atoms with van der Waals surface area (Å²) >= 11 is 5.87. The van der Waals surface area contributed by atoms with Gasteiger partial charge in [-0.15, -0.1) is 0 Å². The van der Waals surface area contributed by atoms with E-state index in [0.29, 0.717) is 11.8 Å². The Hall–Kier alpha value is -1.20. The number of halogens is 1. The maximum atomic E-state index is 9.52. The van der Waals surface area contributed by atoms with Crippen molar-refractivity contribution in [3.8, 4) is 6.07 Å². The first-order chi connectivity index (χ1) is 8.54. The average molecular weight is 263 g/mol. The third-order valence-corrected chi connectivity index (χ3v) is 4.36. The van der Waals surface area contributed by atoms with Crippen molar-refractivity contribution in [1.82, 2.24) is 0 Å². The Morgan fingerprint density at radius 3 is 2.50 bits per heavy atom. The molecule has 1 saturated carbocycles. The highest BCUT2D eigenvalue weighted by Gasteiger charge is 2.37. The normalized spacial score (nSPS) is 31.7. The average Bonchev–Trinajstić information content (AvgIpc) is 2.37. The molecule has 18 heavy (non-hydrogen) atoms. The van der Waals surface area contributed by atoms with Crippen LogP contribution in [0.4, 0.5) is 5.69 Å². The van der Waals surface area contributed by atoms with Gasteiger partial charge in [0.2, 0.25) is 0 Å². The summed E-state index contributed by atoms with van der Waals surface area (Å²) < 4.78 is 0. The van der Waals surface area contributed by atoms with Crippen molar-refractivity contribution in [2.45, 2.75) is 38.6 Å². The number of hydrogen-bond donors (Lipinski definition) is 1. The minimum atomic E-state index is -0.417. The number of nitriles is 1. The summed E-state index contributed by atoms with van der Waals surface area (Å²) in [6.45, 7) is 4.51. The smallest absolute Gasteiger partial charge is 0.125 e. The molecule has 1 fully saturated rings. The van der Waals surface area contributed by atoms with Crippen LogP contribution < -0.4 is 5.32 Å². The molecule has 1 aliphatic rings. The number of nitrogens with one attached hydrogen (secondary N) is 1. The van der Waals surface area contributed by atoms with Crippen LogP contribution in [0.25, 0.3) is 0 Å². The van der Waals surface area contributed by atoms with Gasteiger partial charge < -0.3 is 5.32 Å². The molecule has 0 bridgehead atoms. The van der Waals surface area contributed by atoms with Gasteiger partial charge in [0.25, 0.3) is 0 Å². The van der Waals surface area contributed by atoms with E-state index in [9.17, 15) is 5.26 Å². The largest absolute Gasteiger partial charge is 0.367 e. The fraction of sp³-hybridized carbons (Fsp3) is 0.533.